The highest BCUT2D eigenvalue weighted by Gasteiger charge is 2.39. The molecule has 1 N–H and O–H groups in total. The van der Waals surface area contributed by atoms with Gasteiger partial charge in [0, 0.05) is 6.42 Å². The van der Waals surface area contributed by atoms with Gasteiger partial charge in [0.15, 0.2) is 0 Å². The summed E-state index contributed by atoms with van der Waals surface area (Å²) in [6, 6.07) is 2.93. The summed E-state index contributed by atoms with van der Waals surface area (Å²) in [4.78, 5) is 10.1. The Labute approximate surface area is 92.7 Å². The number of carboxylic acids is 1. The van der Waals surface area contributed by atoms with E-state index in [1.54, 1.807) is 0 Å². The van der Waals surface area contributed by atoms with E-state index in [1.807, 2.05) is 0 Å². The summed E-state index contributed by atoms with van der Waals surface area (Å²) in [5.41, 5.74) is -1.15. The van der Waals surface area contributed by atoms with Crippen molar-refractivity contribution in [1.82, 2.24) is 0 Å². The lowest BCUT2D eigenvalue weighted by Gasteiger charge is -2.12. The van der Waals surface area contributed by atoms with Crippen LogP contribution >= 0.6 is 0 Å². The number of hydrogen-bond donors (Lipinski definition) is 1. The first-order valence-corrected chi connectivity index (χ1v) is 4.40. The molecule has 0 spiro atoms. The predicted octanol–water partition coefficient (Wildman–Crippen LogP) is 2.97. The minimum atomic E-state index is -4.55. The Balaban J connectivity index is 2.86. The maximum Gasteiger partial charge on any atom is 0.416 e. The van der Waals surface area contributed by atoms with Crippen LogP contribution in [0, 0.1) is 0 Å². The zero-order valence-electron chi connectivity index (χ0n) is 8.26. The molecule has 0 radical (unpaired) electrons. The van der Waals surface area contributed by atoms with E-state index in [9.17, 15) is 26.7 Å². The molecule has 0 aliphatic carbocycles. The van der Waals surface area contributed by atoms with E-state index in [1.165, 1.54) is 0 Å². The molecule has 0 heterocycles. The summed E-state index contributed by atoms with van der Waals surface area (Å²) >= 11 is 0. The number of halogens is 5. The van der Waals surface area contributed by atoms with Gasteiger partial charge in [0.05, 0.1) is 5.56 Å². The van der Waals surface area contributed by atoms with Crippen molar-refractivity contribution >= 4 is 5.97 Å². The highest BCUT2D eigenvalue weighted by atomic mass is 19.4. The summed E-state index contributed by atoms with van der Waals surface area (Å²) in [6.07, 6.45) is -5.69. The normalized spacial score (nSPS) is 12.5. The molecule has 17 heavy (non-hydrogen) atoms. The Kier molecular flexibility index (Phi) is 3.40. The van der Waals surface area contributed by atoms with Crippen molar-refractivity contribution in [1.29, 1.82) is 0 Å². The number of aliphatic carboxylic acids is 1. The van der Waals surface area contributed by atoms with Crippen LogP contribution in [-0.4, -0.2) is 17.0 Å². The second kappa shape index (κ2) is 4.31. The molecule has 2 nitrogen and oxygen atoms in total. The zero-order chi connectivity index (χ0) is 13.3. The van der Waals surface area contributed by atoms with E-state index in [2.05, 4.69) is 0 Å². The molecule has 1 aromatic rings. The van der Waals surface area contributed by atoms with E-state index in [0.717, 1.165) is 12.1 Å². The van der Waals surface area contributed by atoms with Crippen molar-refractivity contribution in [3.63, 3.8) is 0 Å². The van der Waals surface area contributed by atoms with E-state index >= 15 is 0 Å². The fraction of sp³-hybridized carbons (Fsp3) is 0.300. The van der Waals surface area contributed by atoms with Gasteiger partial charge in [-0.25, -0.2) is 4.79 Å². The quantitative estimate of drug-likeness (QED) is 0.842. The summed E-state index contributed by atoms with van der Waals surface area (Å²) < 4.78 is 61.9. The van der Waals surface area contributed by atoms with Gasteiger partial charge in [0.25, 0.3) is 0 Å². The van der Waals surface area contributed by atoms with Gasteiger partial charge in [-0.1, -0.05) is 12.1 Å². The van der Waals surface area contributed by atoms with Crippen LogP contribution in [0.3, 0.4) is 0 Å². The van der Waals surface area contributed by atoms with Gasteiger partial charge >= 0.3 is 18.1 Å². The summed E-state index contributed by atoms with van der Waals surface area (Å²) in [5.74, 6) is -6.29. The average molecular weight is 254 g/mol. The number of hydrogen-bond acceptors (Lipinski definition) is 1. The molecular weight excluding hydrogens is 247 g/mol. The number of carboxylic acid groups (broad SMARTS) is 1. The van der Waals surface area contributed by atoms with Gasteiger partial charge in [-0.15, -0.1) is 0 Å². The van der Waals surface area contributed by atoms with Gasteiger partial charge in [0.2, 0.25) is 0 Å². The van der Waals surface area contributed by atoms with Crippen molar-refractivity contribution in [3.05, 3.63) is 35.4 Å². The first-order chi connectivity index (χ1) is 7.63. The molecule has 0 aliphatic heterocycles. The Hall–Kier alpha value is -1.66. The number of benzene rings is 1. The minimum Gasteiger partial charge on any atom is -0.477 e. The van der Waals surface area contributed by atoms with Crippen LogP contribution in [0.4, 0.5) is 22.0 Å². The van der Waals surface area contributed by atoms with Crippen LogP contribution in [0.25, 0.3) is 0 Å². The van der Waals surface area contributed by atoms with Crippen LogP contribution in [0.5, 0.6) is 0 Å². The van der Waals surface area contributed by atoms with Gasteiger partial charge < -0.3 is 5.11 Å². The molecule has 0 aliphatic rings. The lowest BCUT2D eigenvalue weighted by atomic mass is 10.1. The molecule has 7 heteroatoms. The second-order valence-electron chi connectivity index (χ2n) is 3.38. The Bertz CT molecular complexity index is 408. The molecule has 0 saturated carbocycles. The molecule has 94 valence electrons. The summed E-state index contributed by atoms with van der Waals surface area (Å²) in [5, 5.41) is 8.16. The maximum atomic E-state index is 12.7. The Morgan fingerprint density at radius 2 is 1.53 bits per heavy atom. The minimum absolute atomic E-state index is 0.176. The largest absolute Gasteiger partial charge is 0.477 e. The molecule has 0 aromatic heterocycles. The molecule has 1 aromatic carbocycles. The van der Waals surface area contributed by atoms with Crippen LogP contribution in [0.1, 0.15) is 11.1 Å². The van der Waals surface area contributed by atoms with Crippen molar-refractivity contribution in [3.8, 4) is 0 Å². The zero-order valence-corrected chi connectivity index (χ0v) is 8.26. The Morgan fingerprint density at radius 3 is 1.88 bits per heavy atom. The molecule has 1 rings (SSSR count). The van der Waals surface area contributed by atoms with E-state index in [-0.39, 0.29) is 5.56 Å². The molecule has 0 amide bonds. The Morgan fingerprint density at radius 1 is 1.06 bits per heavy atom. The highest BCUT2D eigenvalue weighted by Crippen LogP contribution is 2.30. The highest BCUT2D eigenvalue weighted by molar-refractivity contribution is 5.75. The van der Waals surface area contributed by atoms with Crippen LogP contribution in [0.2, 0.25) is 0 Å². The van der Waals surface area contributed by atoms with Gasteiger partial charge in [-0.05, 0) is 17.7 Å². The summed E-state index contributed by atoms with van der Waals surface area (Å²) in [6.45, 7) is 0. The topological polar surface area (TPSA) is 37.3 Å². The lowest BCUT2D eigenvalue weighted by molar-refractivity contribution is -0.164. The predicted molar refractivity (Wildman–Crippen MR) is 47.7 cm³/mol. The number of rotatable bonds is 3. The molecule has 0 fully saturated rings. The van der Waals surface area contributed by atoms with Crippen LogP contribution in [-0.2, 0) is 17.4 Å². The third-order valence-corrected chi connectivity index (χ3v) is 2.02. The molecule has 0 unspecified atom stereocenters. The smallest absolute Gasteiger partial charge is 0.416 e. The lowest BCUT2D eigenvalue weighted by Crippen LogP contribution is -2.30. The van der Waals surface area contributed by atoms with Crippen LogP contribution in [0.15, 0.2) is 24.3 Å². The van der Waals surface area contributed by atoms with Gasteiger partial charge in [-0.2, -0.15) is 22.0 Å². The van der Waals surface area contributed by atoms with Crippen molar-refractivity contribution in [2.45, 2.75) is 18.5 Å². The molecular formula is C10H7F5O2. The molecule has 0 saturated heterocycles. The fourth-order valence-corrected chi connectivity index (χ4v) is 1.14. The third-order valence-electron chi connectivity index (χ3n) is 2.02. The van der Waals surface area contributed by atoms with E-state index in [4.69, 9.17) is 5.11 Å². The first-order valence-electron chi connectivity index (χ1n) is 4.40. The number of alkyl halides is 5. The van der Waals surface area contributed by atoms with E-state index in [0.29, 0.717) is 12.1 Å². The number of carbonyl (C=O) groups is 1. The van der Waals surface area contributed by atoms with Gasteiger partial charge in [0.1, 0.15) is 0 Å². The van der Waals surface area contributed by atoms with Crippen LogP contribution < -0.4 is 0 Å². The fourth-order valence-electron chi connectivity index (χ4n) is 1.14. The summed E-state index contributed by atoms with van der Waals surface area (Å²) in [7, 11) is 0. The standard InChI is InChI=1S/C10H7F5O2/c11-9(12,8(16)17)5-6-1-3-7(4-2-6)10(13,14)15/h1-4H,5H2,(H,16,17). The molecule has 0 bridgehead atoms. The third kappa shape index (κ3) is 3.40. The van der Waals surface area contributed by atoms with Gasteiger partial charge in [-0.3, -0.25) is 0 Å². The monoisotopic (exact) mass is 254 g/mol. The maximum absolute atomic E-state index is 12.7. The first kappa shape index (κ1) is 13.4. The van der Waals surface area contributed by atoms with Crippen molar-refractivity contribution in [2.24, 2.45) is 0 Å². The van der Waals surface area contributed by atoms with Crippen molar-refractivity contribution in [2.75, 3.05) is 0 Å². The average Bonchev–Trinajstić information content (AvgIpc) is 2.16. The molecule has 0 atom stereocenters. The van der Waals surface area contributed by atoms with E-state index < -0.39 is 30.1 Å². The second-order valence-corrected chi connectivity index (χ2v) is 3.38. The SMILES string of the molecule is O=C(O)C(F)(F)Cc1ccc(C(F)(F)F)cc1. The van der Waals surface area contributed by atoms with Crippen molar-refractivity contribution < 1.29 is 31.9 Å².